The lowest BCUT2D eigenvalue weighted by Gasteiger charge is -2.60. The minimum atomic E-state index is 0.440. The number of allylic oxidation sites excluding steroid dienone is 4. The third-order valence-electron chi connectivity index (χ3n) is 19.0. The first kappa shape index (κ1) is 35.1. The third-order valence-corrected chi connectivity index (χ3v) is 20.9. The van der Waals surface area contributed by atoms with Gasteiger partial charge in [-0.3, -0.25) is 4.90 Å². The molecule has 10 aliphatic rings. The molecule has 0 aromatic rings. The Balaban J connectivity index is 1.14. The van der Waals surface area contributed by atoms with Crippen LogP contribution < -0.4 is 5.32 Å². The molecule has 0 spiro atoms. The quantitative estimate of drug-likeness (QED) is 0.274. The molecule has 5 bridgehead atoms. The molecule has 4 saturated heterocycles. The molecular formula is C46H75N3S. The van der Waals surface area contributed by atoms with Gasteiger partial charge in [-0.15, -0.1) is 11.8 Å². The molecule has 15 atom stereocenters. The van der Waals surface area contributed by atoms with Crippen molar-refractivity contribution in [3.63, 3.8) is 0 Å². The van der Waals surface area contributed by atoms with Crippen molar-refractivity contribution in [3.8, 4) is 0 Å². The Kier molecular flexibility index (Phi) is 8.94. The van der Waals surface area contributed by atoms with Crippen molar-refractivity contribution >= 4 is 11.8 Å². The van der Waals surface area contributed by atoms with Crippen LogP contribution in [-0.2, 0) is 0 Å². The maximum atomic E-state index is 4.48. The van der Waals surface area contributed by atoms with E-state index in [9.17, 15) is 0 Å². The summed E-state index contributed by atoms with van der Waals surface area (Å²) in [5.74, 6) is 9.15. The smallest absolute Gasteiger partial charge is 0.103 e. The SMILES string of the molecule is CCC1CCC2(C)C(C)C(C)C3CCC(CC3)N3C4=C(CCC5CC=C(C)CC45)NC3C3CCC(C)(C)C4C5CCC(C2C1C)N(C)C5SC34. The first-order valence-corrected chi connectivity index (χ1v) is 23.2. The molecule has 0 aromatic heterocycles. The molecule has 0 aromatic carbocycles. The zero-order valence-corrected chi connectivity index (χ0v) is 34.5. The van der Waals surface area contributed by atoms with E-state index in [1.807, 2.05) is 5.70 Å². The van der Waals surface area contributed by atoms with Crippen molar-refractivity contribution in [1.29, 1.82) is 0 Å². The summed E-state index contributed by atoms with van der Waals surface area (Å²) < 4.78 is 0. The van der Waals surface area contributed by atoms with Gasteiger partial charge in [-0.05, 0) is 168 Å². The first-order valence-electron chi connectivity index (χ1n) is 22.2. The number of nitrogens with zero attached hydrogens (tertiary/aromatic N) is 2. The van der Waals surface area contributed by atoms with E-state index in [-0.39, 0.29) is 0 Å². The van der Waals surface area contributed by atoms with Crippen LogP contribution in [0.25, 0.3) is 0 Å². The van der Waals surface area contributed by atoms with E-state index in [1.54, 1.807) is 11.3 Å². The van der Waals surface area contributed by atoms with Crippen molar-refractivity contribution in [2.24, 2.45) is 75.9 Å². The normalized spacial score (nSPS) is 52.9. The Morgan fingerprint density at radius 2 is 1.64 bits per heavy atom. The lowest BCUT2D eigenvalue weighted by molar-refractivity contribution is -0.103. The summed E-state index contributed by atoms with van der Waals surface area (Å²) in [7, 11) is 2.63. The molecule has 3 saturated carbocycles. The number of nitrogens with one attached hydrogen (secondary N) is 1. The molecule has 7 fully saturated rings. The van der Waals surface area contributed by atoms with Gasteiger partial charge in [0, 0.05) is 40.6 Å². The summed E-state index contributed by atoms with van der Waals surface area (Å²) in [5, 5.41) is 5.96. The molecule has 4 heteroatoms. The van der Waals surface area contributed by atoms with E-state index >= 15 is 0 Å². The molecule has 0 radical (unpaired) electrons. The van der Waals surface area contributed by atoms with Crippen LogP contribution in [0.5, 0.6) is 0 Å². The van der Waals surface area contributed by atoms with E-state index in [4.69, 9.17) is 0 Å². The Labute approximate surface area is 312 Å². The molecule has 0 amide bonds. The minimum absolute atomic E-state index is 0.440. The summed E-state index contributed by atoms with van der Waals surface area (Å²) in [6, 6.07) is 1.47. The number of thioether (sulfide) groups is 1. The Hall–Kier alpha value is -0.610. The standard InChI is InChI=1S/C46H75N3S/c1-10-30-21-24-46(8)29(5)27(3)31-13-16-33(17-14-31)49-41-36-25-26(2)11-12-32(36)15-19-37(41)47-43(49)35-22-23-45(6,7)40-34-18-20-38(39(46)28(30)4)48(9)44(34)50-42(35)40/h11,27-36,38-40,42-44,47H,10,12-25H2,1-9H3. The van der Waals surface area contributed by atoms with Crippen molar-refractivity contribution in [3.05, 3.63) is 23.0 Å². The molecule has 3 nitrogen and oxygen atoms in total. The van der Waals surface area contributed by atoms with Gasteiger partial charge in [0.1, 0.15) is 6.17 Å². The van der Waals surface area contributed by atoms with Crippen LogP contribution in [0.1, 0.15) is 152 Å². The molecule has 15 unspecified atom stereocenters. The fourth-order valence-corrected chi connectivity index (χ4v) is 18.4. The first-order chi connectivity index (χ1) is 23.9. The van der Waals surface area contributed by atoms with Crippen LogP contribution >= 0.6 is 11.8 Å². The van der Waals surface area contributed by atoms with E-state index in [0.29, 0.717) is 22.4 Å². The molecule has 5 aliphatic carbocycles. The average molecular weight is 702 g/mol. The average Bonchev–Trinajstić information content (AvgIpc) is 3.69. The molecule has 1 N–H and O–H groups in total. The van der Waals surface area contributed by atoms with E-state index < -0.39 is 0 Å². The van der Waals surface area contributed by atoms with Crippen LogP contribution in [0.15, 0.2) is 23.0 Å². The molecular weight excluding hydrogens is 627 g/mol. The van der Waals surface area contributed by atoms with Gasteiger partial charge in [-0.25, -0.2) is 0 Å². The number of piperidine rings is 1. The Morgan fingerprint density at radius 3 is 2.40 bits per heavy atom. The van der Waals surface area contributed by atoms with Gasteiger partial charge in [-0.2, -0.15) is 0 Å². The van der Waals surface area contributed by atoms with Gasteiger partial charge in [-0.1, -0.05) is 66.5 Å². The molecule has 10 rings (SSSR count). The second kappa shape index (κ2) is 12.7. The second-order valence-electron chi connectivity index (χ2n) is 21.3. The van der Waals surface area contributed by atoms with Crippen LogP contribution in [0.2, 0.25) is 0 Å². The summed E-state index contributed by atoms with van der Waals surface area (Å²) >= 11 is 2.52. The highest BCUT2D eigenvalue weighted by atomic mass is 32.2. The fourth-order valence-electron chi connectivity index (χ4n) is 16.0. The monoisotopic (exact) mass is 702 g/mol. The van der Waals surface area contributed by atoms with Crippen LogP contribution in [-0.4, -0.2) is 45.7 Å². The Bertz CT molecular complexity index is 1360. The Morgan fingerprint density at radius 1 is 0.860 bits per heavy atom. The molecule has 5 heterocycles. The maximum Gasteiger partial charge on any atom is 0.103 e. The minimum Gasteiger partial charge on any atom is -0.367 e. The van der Waals surface area contributed by atoms with Gasteiger partial charge >= 0.3 is 0 Å². The number of hydrogen-bond acceptors (Lipinski definition) is 4. The van der Waals surface area contributed by atoms with Gasteiger partial charge in [0.15, 0.2) is 0 Å². The van der Waals surface area contributed by atoms with Crippen molar-refractivity contribution < 1.29 is 0 Å². The fraction of sp³-hybridized carbons (Fsp3) is 0.913. The number of fused-ring (bicyclic) bond motifs is 6. The largest absolute Gasteiger partial charge is 0.367 e. The van der Waals surface area contributed by atoms with Crippen molar-refractivity contribution in [2.45, 2.75) is 181 Å². The van der Waals surface area contributed by atoms with Crippen LogP contribution in [0.3, 0.4) is 0 Å². The highest BCUT2D eigenvalue weighted by Gasteiger charge is 2.63. The summed E-state index contributed by atoms with van der Waals surface area (Å²) in [6.45, 7) is 21.4. The van der Waals surface area contributed by atoms with Crippen LogP contribution in [0.4, 0.5) is 0 Å². The predicted octanol–water partition coefficient (Wildman–Crippen LogP) is 11.3. The molecule has 280 valence electrons. The van der Waals surface area contributed by atoms with E-state index in [1.165, 1.54) is 96.3 Å². The number of hydrogen-bond donors (Lipinski definition) is 1. The van der Waals surface area contributed by atoms with Gasteiger partial charge < -0.3 is 10.2 Å². The van der Waals surface area contributed by atoms with Crippen molar-refractivity contribution in [1.82, 2.24) is 15.1 Å². The van der Waals surface area contributed by atoms with Gasteiger partial charge in [0.05, 0.1) is 5.37 Å². The summed E-state index contributed by atoms with van der Waals surface area (Å²) in [5.41, 5.74) is 6.07. The molecule has 5 aliphatic heterocycles. The van der Waals surface area contributed by atoms with Gasteiger partial charge in [0.2, 0.25) is 0 Å². The highest BCUT2D eigenvalue weighted by Crippen LogP contribution is 2.66. The van der Waals surface area contributed by atoms with Gasteiger partial charge in [0.25, 0.3) is 0 Å². The third kappa shape index (κ3) is 5.17. The molecule has 50 heavy (non-hydrogen) atoms. The van der Waals surface area contributed by atoms with Crippen LogP contribution in [0, 0.1) is 75.9 Å². The topological polar surface area (TPSA) is 18.5 Å². The highest BCUT2D eigenvalue weighted by molar-refractivity contribution is 8.00. The number of rotatable bonds is 1. The van der Waals surface area contributed by atoms with E-state index in [2.05, 4.69) is 95.4 Å². The van der Waals surface area contributed by atoms with E-state index in [0.717, 1.165) is 82.4 Å². The zero-order chi connectivity index (χ0) is 34.9. The van der Waals surface area contributed by atoms with Crippen molar-refractivity contribution in [2.75, 3.05) is 7.05 Å². The summed E-state index contributed by atoms with van der Waals surface area (Å²) in [4.78, 5) is 6.27. The lowest BCUT2D eigenvalue weighted by Crippen LogP contribution is -2.59. The summed E-state index contributed by atoms with van der Waals surface area (Å²) in [6.07, 6.45) is 24.2. The predicted molar refractivity (Wildman–Crippen MR) is 212 cm³/mol. The zero-order valence-electron chi connectivity index (χ0n) is 33.7. The maximum absolute atomic E-state index is 4.48. The lowest BCUT2D eigenvalue weighted by atomic mass is 9.49. The second-order valence-corrected chi connectivity index (χ2v) is 22.6.